The Labute approximate surface area is 124 Å². The van der Waals surface area contributed by atoms with E-state index in [9.17, 15) is 9.59 Å². The van der Waals surface area contributed by atoms with Crippen molar-refractivity contribution in [1.82, 2.24) is 4.90 Å². The summed E-state index contributed by atoms with van der Waals surface area (Å²) in [6.07, 6.45) is 0.270. The van der Waals surface area contributed by atoms with Gasteiger partial charge in [0.2, 0.25) is 5.91 Å². The smallest absolute Gasteiger partial charge is 0.251 e. The first-order chi connectivity index (χ1) is 10.1. The van der Waals surface area contributed by atoms with Crippen LogP contribution in [0.2, 0.25) is 0 Å². The fourth-order valence-corrected chi connectivity index (χ4v) is 3.10. The Morgan fingerprint density at radius 3 is 2.52 bits per heavy atom. The summed E-state index contributed by atoms with van der Waals surface area (Å²) in [5.41, 5.74) is 2.80. The molecule has 1 aromatic carbocycles. The van der Waals surface area contributed by atoms with Crippen molar-refractivity contribution in [2.45, 2.75) is 26.3 Å². The number of imide groups is 1. The highest BCUT2D eigenvalue weighted by molar-refractivity contribution is 6.22. The number of hydrogen-bond donors (Lipinski definition) is 0. The largest absolute Gasteiger partial charge is 0.379 e. The van der Waals surface area contributed by atoms with Crippen LogP contribution in [-0.4, -0.2) is 49.1 Å². The maximum absolute atomic E-state index is 12.7. The summed E-state index contributed by atoms with van der Waals surface area (Å²) in [6, 6.07) is 5.47. The van der Waals surface area contributed by atoms with Crippen LogP contribution in [0.25, 0.3) is 0 Å². The topological polar surface area (TPSA) is 49.9 Å². The van der Waals surface area contributed by atoms with E-state index in [1.807, 2.05) is 32.0 Å². The van der Waals surface area contributed by atoms with Gasteiger partial charge < -0.3 is 4.74 Å². The number of hydrogen-bond acceptors (Lipinski definition) is 4. The van der Waals surface area contributed by atoms with Crippen LogP contribution in [0.4, 0.5) is 5.69 Å². The second kappa shape index (κ2) is 5.58. The summed E-state index contributed by atoms with van der Waals surface area (Å²) in [5, 5.41) is 0. The van der Waals surface area contributed by atoms with E-state index in [1.165, 1.54) is 4.90 Å². The molecule has 1 aromatic rings. The predicted molar refractivity (Wildman–Crippen MR) is 79.2 cm³/mol. The number of rotatable bonds is 2. The van der Waals surface area contributed by atoms with Crippen molar-refractivity contribution in [2.75, 3.05) is 31.2 Å². The highest BCUT2D eigenvalue weighted by atomic mass is 16.5. The lowest BCUT2D eigenvalue weighted by molar-refractivity contribution is -0.123. The van der Waals surface area contributed by atoms with Crippen LogP contribution in [-0.2, 0) is 14.3 Å². The minimum absolute atomic E-state index is 0.103. The van der Waals surface area contributed by atoms with Gasteiger partial charge in [-0.05, 0) is 25.5 Å². The second-order valence-corrected chi connectivity index (χ2v) is 5.73. The number of ether oxygens (including phenoxy) is 1. The molecule has 0 aromatic heterocycles. The van der Waals surface area contributed by atoms with E-state index in [0.29, 0.717) is 32.0 Å². The number of nitrogens with zero attached hydrogens (tertiary/aromatic N) is 2. The zero-order chi connectivity index (χ0) is 15.0. The van der Waals surface area contributed by atoms with E-state index in [4.69, 9.17) is 4.74 Å². The van der Waals surface area contributed by atoms with Crippen molar-refractivity contribution >= 4 is 17.5 Å². The van der Waals surface area contributed by atoms with Gasteiger partial charge >= 0.3 is 0 Å². The van der Waals surface area contributed by atoms with Gasteiger partial charge in [-0.25, -0.2) is 4.90 Å². The Morgan fingerprint density at radius 1 is 1.14 bits per heavy atom. The van der Waals surface area contributed by atoms with Crippen LogP contribution >= 0.6 is 0 Å². The summed E-state index contributed by atoms with van der Waals surface area (Å²) in [4.78, 5) is 28.4. The third kappa shape index (κ3) is 2.59. The monoisotopic (exact) mass is 288 g/mol. The molecule has 5 nitrogen and oxygen atoms in total. The van der Waals surface area contributed by atoms with Crippen LogP contribution < -0.4 is 4.90 Å². The molecule has 21 heavy (non-hydrogen) atoms. The van der Waals surface area contributed by atoms with Crippen LogP contribution in [0.5, 0.6) is 0 Å². The van der Waals surface area contributed by atoms with Crippen LogP contribution in [0, 0.1) is 13.8 Å². The molecule has 0 N–H and O–H groups in total. The first kappa shape index (κ1) is 14.2. The fraction of sp³-hybridized carbons (Fsp3) is 0.500. The molecule has 0 spiro atoms. The van der Waals surface area contributed by atoms with Crippen molar-refractivity contribution < 1.29 is 14.3 Å². The summed E-state index contributed by atoms with van der Waals surface area (Å²) in [7, 11) is 0. The van der Waals surface area contributed by atoms with E-state index >= 15 is 0 Å². The van der Waals surface area contributed by atoms with Gasteiger partial charge in [-0.3, -0.25) is 14.5 Å². The molecule has 2 aliphatic rings. The lowest BCUT2D eigenvalue weighted by Gasteiger charge is -2.30. The SMILES string of the molecule is Cc1ccc(N2C(=O)C[C@H](N3CCOCC3)C2=O)c(C)c1. The Balaban J connectivity index is 1.86. The van der Waals surface area contributed by atoms with Crippen molar-refractivity contribution in [3.05, 3.63) is 29.3 Å². The Kier molecular flexibility index (Phi) is 3.78. The lowest BCUT2D eigenvalue weighted by atomic mass is 10.1. The second-order valence-electron chi connectivity index (χ2n) is 5.73. The maximum Gasteiger partial charge on any atom is 0.251 e. The molecule has 1 atom stereocenters. The van der Waals surface area contributed by atoms with Crippen molar-refractivity contribution in [3.63, 3.8) is 0 Å². The molecule has 0 bridgehead atoms. The Morgan fingerprint density at radius 2 is 1.86 bits per heavy atom. The van der Waals surface area contributed by atoms with Gasteiger partial charge in [0.15, 0.2) is 0 Å². The molecule has 2 saturated heterocycles. The number of anilines is 1. The molecule has 0 aliphatic carbocycles. The summed E-state index contributed by atoms with van der Waals surface area (Å²) >= 11 is 0. The van der Waals surface area contributed by atoms with E-state index in [-0.39, 0.29) is 24.3 Å². The third-order valence-corrected chi connectivity index (χ3v) is 4.20. The van der Waals surface area contributed by atoms with E-state index in [0.717, 1.165) is 11.1 Å². The molecule has 3 rings (SSSR count). The maximum atomic E-state index is 12.7. The fourth-order valence-electron chi connectivity index (χ4n) is 3.10. The number of amides is 2. The van der Waals surface area contributed by atoms with Crippen LogP contribution in [0.1, 0.15) is 17.5 Å². The van der Waals surface area contributed by atoms with Crippen LogP contribution in [0.15, 0.2) is 18.2 Å². The van der Waals surface area contributed by atoms with Gasteiger partial charge in [-0.15, -0.1) is 0 Å². The molecule has 0 saturated carbocycles. The summed E-state index contributed by atoms with van der Waals surface area (Å²) in [6.45, 7) is 6.61. The summed E-state index contributed by atoms with van der Waals surface area (Å²) in [5.74, 6) is -0.211. The van der Waals surface area contributed by atoms with E-state index < -0.39 is 0 Å². The molecule has 0 radical (unpaired) electrons. The molecule has 2 amide bonds. The van der Waals surface area contributed by atoms with Gasteiger partial charge in [0, 0.05) is 13.1 Å². The third-order valence-electron chi connectivity index (χ3n) is 4.20. The molecular weight excluding hydrogens is 268 g/mol. The van der Waals surface area contributed by atoms with Gasteiger partial charge in [0.05, 0.1) is 31.4 Å². The number of morpholine rings is 1. The quantitative estimate of drug-likeness (QED) is 0.769. The number of carbonyl (C=O) groups excluding carboxylic acids is 2. The average Bonchev–Trinajstić information content (AvgIpc) is 2.76. The Bertz CT molecular complexity index is 579. The van der Waals surface area contributed by atoms with Crippen LogP contribution in [0.3, 0.4) is 0 Å². The molecule has 112 valence electrons. The van der Waals surface area contributed by atoms with Gasteiger partial charge in [-0.2, -0.15) is 0 Å². The molecule has 5 heteroatoms. The average molecular weight is 288 g/mol. The van der Waals surface area contributed by atoms with Gasteiger partial charge in [0.1, 0.15) is 0 Å². The minimum atomic E-state index is -0.331. The molecule has 2 fully saturated rings. The highest BCUT2D eigenvalue weighted by Crippen LogP contribution is 2.29. The first-order valence-electron chi connectivity index (χ1n) is 7.34. The lowest BCUT2D eigenvalue weighted by Crippen LogP contribution is -2.47. The van der Waals surface area contributed by atoms with Gasteiger partial charge in [0.25, 0.3) is 5.91 Å². The van der Waals surface area contributed by atoms with Crippen molar-refractivity contribution in [1.29, 1.82) is 0 Å². The predicted octanol–water partition coefficient (Wildman–Crippen LogP) is 1.27. The normalized spacial score (nSPS) is 23.9. The molecule has 0 unspecified atom stereocenters. The van der Waals surface area contributed by atoms with Crippen molar-refractivity contribution in [3.8, 4) is 0 Å². The number of aryl methyl sites for hydroxylation is 2. The van der Waals surface area contributed by atoms with E-state index in [1.54, 1.807) is 0 Å². The molecule has 2 heterocycles. The molecule has 2 aliphatic heterocycles. The van der Waals surface area contributed by atoms with E-state index in [2.05, 4.69) is 4.90 Å². The van der Waals surface area contributed by atoms with Gasteiger partial charge in [-0.1, -0.05) is 17.7 Å². The Hall–Kier alpha value is -1.72. The highest BCUT2D eigenvalue weighted by Gasteiger charge is 2.43. The first-order valence-corrected chi connectivity index (χ1v) is 7.34. The zero-order valence-corrected chi connectivity index (χ0v) is 12.5. The number of benzene rings is 1. The molecular formula is C16H20N2O3. The van der Waals surface area contributed by atoms with Crippen molar-refractivity contribution in [2.24, 2.45) is 0 Å². The standard InChI is InChI=1S/C16H20N2O3/c1-11-3-4-13(12(2)9-11)18-15(19)10-14(16(18)20)17-5-7-21-8-6-17/h3-4,9,14H,5-8,10H2,1-2H3/t14-/m0/s1. The zero-order valence-electron chi connectivity index (χ0n) is 12.5. The minimum Gasteiger partial charge on any atom is -0.379 e. The number of carbonyl (C=O) groups is 2. The summed E-state index contributed by atoms with van der Waals surface area (Å²) < 4.78 is 5.31.